The van der Waals surface area contributed by atoms with E-state index in [0.717, 1.165) is 64.9 Å². The van der Waals surface area contributed by atoms with Crippen molar-refractivity contribution in [2.24, 2.45) is 10.9 Å². The number of nitrogens with one attached hydrogen (secondary N) is 3. The number of allylic oxidation sites excluding steroid dienone is 2. The fraction of sp³-hybridized carbons (Fsp3) is 0.102. The Labute approximate surface area is 652 Å². The summed E-state index contributed by atoms with van der Waals surface area (Å²) in [4.78, 5) is 14.8. The molecule has 0 saturated carbocycles. The summed E-state index contributed by atoms with van der Waals surface area (Å²) in [5.74, 6) is -0.131. The van der Waals surface area contributed by atoms with Gasteiger partial charge in [0, 0.05) is 56.5 Å². The summed E-state index contributed by atoms with van der Waals surface area (Å²) < 4.78 is 0. The highest BCUT2D eigenvalue weighted by atomic mass is 15.0. The highest BCUT2D eigenvalue weighted by Gasteiger charge is 2.38. The molecule has 18 aromatic rings. The van der Waals surface area contributed by atoms with Crippen molar-refractivity contribution in [3.05, 3.63) is 377 Å². The highest BCUT2D eigenvalue weighted by molar-refractivity contribution is 6.18. The molecule has 3 aliphatic heterocycles. The van der Waals surface area contributed by atoms with E-state index >= 15 is 0 Å². The number of rotatable bonds is 12. The van der Waals surface area contributed by atoms with Crippen LogP contribution < -0.4 is 16.0 Å². The maximum absolute atomic E-state index is 6.18. The number of hydrogen-bond acceptors (Lipinski definition) is 2. The Morgan fingerprint density at radius 1 is 0.295 bits per heavy atom. The molecular formula is C108H82N4. The SMILES string of the molecule is CCC1=C(c2cccc3c(-c4cccc5ccccc45)cccc23)C2/C=c3\[nH]/c(c(-c4cccc5c(-c6cccc7ccccc67)cccc45)c3CC)=C\C3=NC(=C\c4[nH]c(c(-c5ccc(-c6cccc7ccccc67)c6ccccc56)c4CC)/C=C/1N2)/C(c1cccc2c(-c4cccc5ccccc45)cccc12)C3CC. The van der Waals surface area contributed by atoms with Crippen molar-refractivity contribution in [3.8, 4) is 66.8 Å². The van der Waals surface area contributed by atoms with E-state index < -0.39 is 0 Å². The van der Waals surface area contributed by atoms with Crippen LogP contribution in [0.1, 0.15) is 80.1 Å². The first-order valence-corrected chi connectivity index (χ1v) is 40.1. The lowest BCUT2D eigenvalue weighted by molar-refractivity contribution is 0.609. The van der Waals surface area contributed by atoms with Crippen molar-refractivity contribution >= 4 is 122 Å². The third-order valence-corrected chi connectivity index (χ3v) is 24.9. The Balaban J connectivity index is 0.859. The summed E-state index contributed by atoms with van der Waals surface area (Å²) in [5.41, 5.74) is 27.5. The van der Waals surface area contributed by atoms with Gasteiger partial charge in [-0.1, -0.05) is 343 Å². The molecule has 4 heteroatoms. The van der Waals surface area contributed by atoms with Gasteiger partial charge >= 0.3 is 0 Å². The van der Waals surface area contributed by atoms with E-state index in [9.17, 15) is 0 Å². The Morgan fingerprint density at radius 3 is 1.16 bits per heavy atom. The van der Waals surface area contributed by atoms with Gasteiger partial charge in [0.05, 0.1) is 11.7 Å². The Morgan fingerprint density at radius 2 is 0.670 bits per heavy atom. The Hall–Kier alpha value is -13.4. The average Bonchev–Trinajstić information content (AvgIpc) is 1.55. The normalized spacial score (nSPS) is 17.1. The number of fused-ring (bicyclic) bond motifs is 15. The fourth-order valence-electron chi connectivity index (χ4n) is 20.0. The van der Waals surface area contributed by atoms with Gasteiger partial charge in [0.1, 0.15) is 0 Å². The molecule has 0 spiro atoms. The van der Waals surface area contributed by atoms with E-state index in [1.807, 2.05) is 0 Å². The first-order valence-electron chi connectivity index (χ1n) is 40.1. The molecule has 534 valence electrons. The predicted molar refractivity (Wildman–Crippen MR) is 478 cm³/mol. The maximum atomic E-state index is 6.18. The molecule has 5 heterocycles. The number of hydrogen-bond donors (Lipinski definition) is 3. The summed E-state index contributed by atoms with van der Waals surface area (Å²) in [6, 6.07) is 118. The topological polar surface area (TPSA) is 56.0 Å². The van der Waals surface area contributed by atoms with Gasteiger partial charge in [0.2, 0.25) is 0 Å². The van der Waals surface area contributed by atoms with Crippen LogP contribution in [-0.2, 0) is 12.8 Å². The molecule has 21 rings (SSSR count). The van der Waals surface area contributed by atoms with Crippen molar-refractivity contribution < 1.29 is 0 Å². The minimum atomic E-state index is -0.270. The zero-order chi connectivity index (χ0) is 74.7. The van der Waals surface area contributed by atoms with Crippen molar-refractivity contribution in [2.75, 3.05) is 0 Å². The molecule has 2 aromatic heterocycles. The van der Waals surface area contributed by atoms with E-state index in [1.165, 1.54) is 186 Å². The van der Waals surface area contributed by atoms with Crippen LogP contribution in [0.2, 0.25) is 0 Å². The fourth-order valence-corrected chi connectivity index (χ4v) is 20.0. The number of nitrogens with zero attached hydrogens (tertiary/aromatic N) is 1. The lowest BCUT2D eigenvalue weighted by Gasteiger charge is -2.23. The van der Waals surface area contributed by atoms with Gasteiger partial charge in [-0.15, -0.1) is 0 Å². The van der Waals surface area contributed by atoms with Crippen LogP contribution in [0.15, 0.2) is 337 Å². The number of aliphatic imine (C=N–C) groups is 1. The summed E-state index contributed by atoms with van der Waals surface area (Å²) >= 11 is 0. The van der Waals surface area contributed by atoms with Gasteiger partial charge in [-0.3, -0.25) is 4.99 Å². The van der Waals surface area contributed by atoms with Crippen molar-refractivity contribution in [1.82, 2.24) is 15.3 Å². The molecule has 0 fully saturated rings. The third kappa shape index (κ3) is 10.7. The first kappa shape index (κ1) is 66.8. The number of aromatic amines is 2. The quantitative estimate of drug-likeness (QED) is 0.112. The largest absolute Gasteiger partial charge is 0.374 e. The van der Waals surface area contributed by atoms with E-state index in [4.69, 9.17) is 4.99 Å². The molecule has 4 nitrogen and oxygen atoms in total. The van der Waals surface area contributed by atoms with Gasteiger partial charge < -0.3 is 15.3 Å². The van der Waals surface area contributed by atoms with Gasteiger partial charge in [-0.25, -0.2) is 0 Å². The molecule has 3 aliphatic rings. The first-order chi connectivity index (χ1) is 55.4. The minimum Gasteiger partial charge on any atom is -0.374 e. The molecule has 0 saturated heterocycles. The Bertz CT molecular complexity index is 7220. The summed E-state index contributed by atoms with van der Waals surface area (Å²) in [7, 11) is 0. The third-order valence-electron chi connectivity index (χ3n) is 24.9. The molecule has 3 atom stereocenters. The lowest BCUT2D eigenvalue weighted by atomic mass is 9.79. The van der Waals surface area contributed by atoms with Gasteiger partial charge in [0.25, 0.3) is 0 Å². The van der Waals surface area contributed by atoms with Crippen LogP contribution >= 0.6 is 0 Å². The van der Waals surface area contributed by atoms with Crippen LogP contribution in [0.5, 0.6) is 0 Å². The predicted octanol–water partition coefficient (Wildman–Crippen LogP) is 26.8. The average molecular weight is 1440 g/mol. The maximum Gasteiger partial charge on any atom is 0.0730 e. The summed E-state index contributed by atoms with van der Waals surface area (Å²) in [6.07, 6.45) is 13.1. The molecule has 0 amide bonds. The van der Waals surface area contributed by atoms with Crippen LogP contribution in [0.4, 0.5) is 0 Å². The van der Waals surface area contributed by atoms with Gasteiger partial charge in [0.15, 0.2) is 0 Å². The van der Waals surface area contributed by atoms with Crippen LogP contribution in [0, 0.1) is 5.92 Å². The molecule has 3 unspecified atom stereocenters. The number of H-pyrrole nitrogens is 2. The second kappa shape index (κ2) is 27.3. The van der Waals surface area contributed by atoms with Crippen molar-refractivity contribution in [2.45, 2.75) is 65.3 Å². The second-order valence-electron chi connectivity index (χ2n) is 30.6. The summed E-state index contributed by atoms with van der Waals surface area (Å²) in [6.45, 7) is 9.43. The van der Waals surface area contributed by atoms with Gasteiger partial charge in [-0.05, 0) is 225 Å². The molecule has 112 heavy (non-hydrogen) atoms. The van der Waals surface area contributed by atoms with E-state index in [2.05, 4.69) is 383 Å². The summed E-state index contributed by atoms with van der Waals surface area (Å²) in [5, 5.41) is 26.3. The standard InChI is InChI=1S/C108H82N4/c1-5-69-97-62-102-107(95-58-28-52-87-84(49-25-55-91(87)95)79-45-21-35-67-31-11-15-39-75(67)79)71(7-3)99(111-102)64-104-108(96-60-59-92(81-41-17-18-42-88(81)96)80-46-22-36-68-32-12-16-40-76(68)80)72(8-4)100(112-104)63-103-106(94-57-27-51-86-83(48-24-54-90(86)94)78-44-20-34-66-30-10-14-38-74(66)78)70(6-2)98(110-103)61-101(109-97)105(69)93-56-26-50-85-82(47-23-53-89(85)93)77-43-19-33-65-29-9-13-37-73(65)77/h9-64,70,102,106,109,111-112H,5-8H2,1-4H3/b97-62-,99-64-,101-61-,103-63-. The van der Waals surface area contributed by atoms with E-state index in [-0.39, 0.29) is 17.9 Å². The van der Waals surface area contributed by atoms with Crippen molar-refractivity contribution in [1.29, 1.82) is 0 Å². The van der Waals surface area contributed by atoms with Crippen LogP contribution in [-0.4, -0.2) is 21.7 Å². The monoisotopic (exact) mass is 1430 g/mol. The van der Waals surface area contributed by atoms with Crippen LogP contribution in [0.3, 0.4) is 0 Å². The van der Waals surface area contributed by atoms with Crippen LogP contribution in [0.25, 0.3) is 183 Å². The molecule has 3 N–H and O–H groups in total. The molecule has 16 aromatic carbocycles. The van der Waals surface area contributed by atoms with E-state index in [0.29, 0.717) is 0 Å². The second-order valence-corrected chi connectivity index (χ2v) is 30.6. The number of benzene rings is 16. The van der Waals surface area contributed by atoms with E-state index in [1.54, 1.807) is 0 Å². The molecule has 0 radical (unpaired) electrons. The molecule has 8 bridgehead atoms. The zero-order valence-corrected chi connectivity index (χ0v) is 63.3. The molecule has 0 aliphatic carbocycles. The number of aromatic nitrogens is 2. The van der Waals surface area contributed by atoms with Crippen molar-refractivity contribution in [3.63, 3.8) is 0 Å². The Kier molecular flexibility index (Phi) is 16.3. The lowest BCUT2D eigenvalue weighted by Crippen LogP contribution is -2.26. The zero-order valence-electron chi connectivity index (χ0n) is 63.3. The molecular weight excluding hydrogens is 1350 g/mol. The van der Waals surface area contributed by atoms with Gasteiger partial charge in [-0.2, -0.15) is 0 Å². The highest BCUT2D eigenvalue weighted by Crippen LogP contribution is 2.51. The smallest absolute Gasteiger partial charge is 0.0730 e. The minimum absolute atomic E-state index is 0.0102.